The van der Waals surface area contributed by atoms with Gasteiger partial charge in [0.15, 0.2) is 5.82 Å². The molecular weight excluding hydrogens is 685 g/mol. The number of fused-ring (bicyclic) bond motifs is 1. The van der Waals surface area contributed by atoms with Gasteiger partial charge in [-0.25, -0.2) is 23.6 Å². The summed E-state index contributed by atoms with van der Waals surface area (Å²) in [7, 11) is 2.98. The number of nitrogens with zero attached hydrogens (tertiary/aromatic N) is 5. The second kappa shape index (κ2) is 16.7. The Morgan fingerprint density at radius 2 is 1.57 bits per heavy atom. The van der Waals surface area contributed by atoms with E-state index in [4.69, 9.17) is 19.2 Å². The molecule has 1 aromatic heterocycles. The third-order valence-corrected chi connectivity index (χ3v) is 8.90. The number of hydrogen-bond donors (Lipinski definition) is 2. The molecule has 53 heavy (non-hydrogen) atoms. The Morgan fingerprint density at radius 1 is 0.887 bits per heavy atom. The summed E-state index contributed by atoms with van der Waals surface area (Å²) in [5, 5.41) is 7.72. The average molecular weight is 732 g/mol. The molecule has 3 aromatic carbocycles. The highest BCUT2D eigenvalue weighted by molar-refractivity contribution is 6.03. The summed E-state index contributed by atoms with van der Waals surface area (Å²) in [5.74, 6) is 0.143. The van der Waals surface area contributed by atoms with E-state index in [1.807, 2.05) is 18.9 Å². The van der Waals surface area contributed by atoms with Crippen LogP contribution in [-0.2, 0) is 9.53 Å². The molecule has 4 aromatic rings. The fraction of sp³-hybridized carbons (Fsp3) is 0.395. The Morgan fingerprint density at radius 3 is 2.19 bits per heavy atom. The Bertz CT molecular complexity index is 2000. The highest BCUT2D eigenvalue weighted by Crippen LogP contribution is 2.37. The number of carbonyl (C=O) groups is 3. The van der Waals surface area contributed by atoms with Gasteiger partial charge in [-0.2, -0.15) is 0 Å². The van der Waals surface area contributed by atoms with E-state index in [0.717, 1.165) is 0 Å². The molecule has 0 spiro atoms. The summed E-state index contributed by atoms with van der Waals surface area (Å²) in [4.78, 5) is 62.8. The molecule has 0 radical (unpaired) electrons. The number of urea groups is 1. The molecule has 1 saturated heterocycles. The molecule has 2 N–H and O–H groups in total. The molecule has 15 heteroatoms. The second-order valence-electron chi connectivity index (χ2n) is 13.2. The van der Waals surface area contributed by atoms with E-state index in [9.17, 15) is 23.6 Å². The number of rotatable bonds is 11. The van der Waals surface area contributed by atoms with Gasteiger partial charge in [-0.3, -0.25) is 14.5 Å². The minimum absolute atomic E-state index is 0.206. The van der Waals surface area contributed by atoms with Crippen molar-refractivity contribution < 1.29 is 33.0 Å². The molecule has 1 fully saturated rings. The Kier molecular flexibility index (Phi) is 12.1. The van der Waals surface area contributed by atoms with Crippen molar-refractivity contribution in [3.05, 3.63) is 88.7 Å². The number of anilines is 2. The van der Waals surface area contributed by atoms with Gasteiger partial charge in [0.05, 0.1) is 56.0 Å². The molecular formula is C38H46FN7O7. The maximum atomic E-state index is 14.4. The lowest BCUT2D eigenvalue weighted by molar-refractivity contribution is -0.135. The zero-order chi connectivity index (χ0) is 38.4. The van der Waals surface area contributed by atoms with Crippen LogP contribution in [0.4, 0.5) is 25.4 Å². The number of ether oxygens (including phenoxy) is 3. The third kappa shape index (κ3) is 8.62. The number of piperazine rings is 1. The maximum absolute atomic E-state index is 14.4. The van der Waals surface area contributed by atoms with Crippen molar-refractivity contribution in [3.63, 3.8) is 0 Å². The molecule has 1 aliphatic heterocycles. The SMILES string of the molecule is COc1ccc(N(C(=O)Nc2ccc(F)cc2)C(C)c2nc3ccccc3c(=O)n2N2CCN(C(=O)C(NC(=O)OC(C)C)C(C)C)CC2)c(OC)c1. The van der Waals surface area contributed by atoms with Gasteiger partial charge >= 0.3 is 12.1 Å². The number of methoxy groups -OCH3 is 2. The van der Waals surface area contributed by atoms with Crippen LogP contribution in [0.25, 0.3) is 10.9 Å². The van der Waals surface area contributed by atoms with Crippen LogP contribution in [0.3, 0.4) is 0 Å². The van der Waals surface area contributed by atoms with Crippen molar-refractivity contribution in [2.45, 2.75) is 52.8 Å². The molecule has 4 amide bonds. The van der Waals surface area contributed by atoms with Gasteiger partial charge in [0.2, 0.25) is 5.91 Å². The highest BCUT2D eigenvalue weighted by Gasteiger charge is 2.35. The molecule has 282 valence electrons. The largest absolute Gasteiger partial charge is 0.497 e. The monoisotopic (exact) mass is 731 g/mol. The zero-order valence-electron chi connectivity index (χ0n) is 31.0. The number of nitrogens with one attached hydrogen (secondary N) is 2. The summed E-state index contributed by atoms with van der Waals surface area (Å²) in [6.07, 6.45) is -1.01. The number of benzene rings is 3. The Balaban J connectivity index is 1.53. The lowest BCUT2D eigenvalue weighted by atomic mass is 10.0. The van der Waals surface area contributed by atoms with E-state index in [2.05, 4.69) is 10.6 Å². The van der Waals surface area contributed by atoms with Crippen molar-refractivity contribution in [2.75, 3.05) is 55.6 Å². The van der Waals surface area contributed by atoms with Gasteiger partial charge in [0.1, 0.15) is 23.4 Å². The van der Waals surface area contributed by atoms with Crippen LogP contribution in [0, 0.1) is 11.7 Å². The molecule has 0 bridgehead atoms. The van der Waals surface area contributed by atoms with Crippen molar-refractivity contribution in [2.24, 2.45) is 5.92 Å². The minimum Gasteiger partial charge on any atom is -0.497 e. The lowest BCUT2D eigenvalue weighted by Gasteiger charge is -2.40. The minimum atomic E-state index is -0.892. The predicted molar refractivity (Wildman–Crippen MR) is 200 cm³/mol. The molecule has 2 atom stereocenters. The van der Waals surface area contributed by atoms with Gasteiger partial charge in [-0.15, -0.1) is 0 Å². The molecule has 2 heterocycles. The standard InChI is InChI=1S/C38H46FN7O7/c1-23(2)33(42-38(50)53-24(3)4)36(48)43-18-20-44(21-19-43)46-34(41-30-11-9-8-10-29(30)35(46)47)25(5)45(31-17-16-28(51-6)22-32(31)52-7)37(49)40-27-14-12-26(39)13-15-27/h8-17,22-25,33H,18-21H2,1-7H3,(H,40,49)(H,42,50). The van der Waals surface area contributed by atoms with Crippen LogP contribution in [0.2, 0.25) is 0 Å². The fourth-order valence-corrected chi connectivity index (χ4v) is 6.20. The van der Waals surface area contributed by atoms with E-state index < -0.39 is 30.0 Å². The highest BCUT2D eigenvalue weighted by atomic mass is 19.1. The Labute approximate surface area is 307 Å². The summed E-state index contributed by atoms with van der Waals surface area (Å²) in [5.41, 5.74) is 0.783. The maximum Gasteiger partial charge on any atom is 0.408 e. The van der Waals surface area contributed by atoms with Gasteiger partial charge in [0, 0.05) is 24.8 Å². The van der Waals surface area contributed by atoms with Crippen LogP contribution in [0.1, 0.15) is 46.5 Å². The topological polar surface area (TPSA) is 148 Å². The van der Waals surface area contributed by atoms with Crippen molar-refractivity contribution >= 4 is 40.3 Å². The normalized spacial score (nSPS) is 14.2. The van der Waals surface area contributed by atoms with E-state index in [1.165, 1.54) is 48.1 Å². The van der Waals surface area contributed by atoms with Gasteiger partial charge in [-0.1, -0.05) is 26.0 Å². The van der Waals surface area contributed by atoms with Crippen LogP contribution in [0.5, 0.6) is 11.5 Å². The van der Waals surface area contributed by atoms with E-state index >= 15 is 0 Å². The number of carbonyl (C=O) groups excluding carboxylic acids is 3. The smallest absolute Gasteiger partial charge is 0.408 e. The van der Waals surface area contributed by atoms with Crippen LogP contribution in [-0.4, -0.2) is 85.1 Å². The van der Waals surface area contributed by atoms with Crippen molar-refractivity contribution in [1.82, 2.24) is 19.9 Å². The summed E-state index contributed by atoms with van der Waals surface area (Å²) < 4.78 is 31.5. The van der Waals surface area contributed by atoms with Crippen LogP contribution < -0.4 is 35.6 Å². The van der Waals surface area contributed by atoms with Crippen LogP contribution in [0.15, 0.2) is 71.5 Å². The third-order valence-electron chi connectivity index (χ3n) is 8.90. The first-order valence-electron chi connectivity index (χ1n) is 17.4. The number of alkyl carbamates (subject to hydrolysis) is 1. The van der Waals surface area contributed by atoms with Gasteiger partial charge in [-0.05, 0) is 75.2 Å². The number of aromatic nitrogens is 2. The molecule has 2 unspecified atom stereocenters. The summed E-state index contributed by atoms with van der Waals surface area (Å²) in [6.45, 7) is 9.89. The molecule has 1 aliphatic rings. The van der Waals surface area contributed by atoms with Crippen LogP contribution >= 0.6 is 0 Å². The summed E-state index contributed by atoms with van der Waals surface area (Å²) >= 11 is 0. The van der Waals surface area contributed by atoms with E-state index in [1.54, 1.807) is 68.1 Å². The Hall–Kier alpha value is -5.86. The number of para-hydroxylation sites is 1. The second-order valence-corrected chi connectivity index (χ2v) is 13.2. The predicted octanol–water partition coefficient (Wildman–Crippen LogP) is 5.29. The van der Waals surface area contributed by atoms with E-state index in [0.29, 0.717) is 33.8 Å². The first kappa shape index (κ1) is 38.4. The first-order chi connectivity index (χ1) is 25.3. The van der Waals surface area contributed by atoms with Crippen molar-refractivity contribution in [1.29, 1.82) is 0 Å². The molecule has 5 rings (SSSR count). The molecule has 14 nitrogen and oxygen atoms in total. The lowest BCUT2D eigenvalue weighted by Crippen LogP contribution is -2.60. The first-order valence-corrected chi connectivity index (χ1v) is 17.4. The van der Waals surface area contributed by atoms with Gasteiger partial charge < -0.3 is 34.8 Å². The van der Waals surface area contributed by atoms with Crippen molar-refractivity contribution in [3.8, 4) is 11.5 Å². The average Bonchev–Trinajstić information content (AvgIpc) is 3.14. The zero-order valence-corrected chi connectivity index (χ0v) is 31.0. The number of halogens is 1. The van der Waals surface area contributed by atoms with Gasteiger partial charge in [0.25, 0.3) is 5.56 Å². The number of amides is 4. The molecule has 0 aliphatic carbocycles. The number of hydrogen-bond acceptors (Lipinski definition) is 9. The summed E-state index contributed by atoms with van der Waals surface area (Å²) in [6, 6.07) is 15.0. The quantitative estimate of drug-likeness (QED) is 0.210. The van der Waals surface area contributed by atoms with E-state index in [-0.39, 0.29) is 55.5 Å². The fourth-order valence-electron chi connectivity index (χ4n) is 6.20. The molecule has 0 saturated carbocycles.